The highest BCUT2D eigenvalue weighted by molar-refractivity contribution is 5.82. The molecule has 2 aromatic rings. The van der Waals surface area contributed by atoms with Crippen LogP contribution in [0.25, 0.3) is 0 Å². The van der Waals surface area contributed by atoms with Gasteiger partial charge >= 0.3 is 12.2 Å². The Labute approximate surface area is 176 Å². The summed E-state index contributed by atoms with van der Waals surface area (Å²) in [5, 5.41) is 0. The molecule has 7 heteroatoms. The summed E-state index contributed by atoms with van der Waals surface area (Å²) in [6.07, 6.45) is -0.422. The lowest BCUT2D eigenvalue weighted by molar-refractivity contribution is -0.118. The van der Waals surface area contributed by atoms with Gasteiger partial charge in [-0.2, -0.15) is 0 Å². The molecule has 1 heterocycles. The summed E-state index contributed by atoms with van der Waals surface area (Å²) in [4.78, 5) is 39.7. The monoisotopic (exact) mass is 410 g/mol. The zero-order valence-corrected chi connectivity index (χ0v) is 17.0. The SMILES string of the molecule is CC(=O)CN(C(=O)OCc1ccccc1)[C@@H]1CCN(C(=O)OCc2ccccc2)C1. The van der Waals surface area contributed by atoms with Crippen molar-refractivity contribution in [2.75, 3.05) is 19.6 Å². The smallest absolute Gasteiger partial charge is 0.410 e. The summed E-state index contributed by atoms with van der Waals surface area (Å²) in [6, 6.07) is 18.5. The van der Waals surface area contributed by atoms with Crippen LogP contribution < -0.4 is 0 Å². The first-order valence-corrected chi connectivity index (χ1v) is 9.95. The van der Waals surface area contributed by atoms with Crippen LogP contribution >= 0.6 is 0 Å². The molecule has 0 bridgehead atoms. The van der Waals surface area contributed by atoms with E-state index in [2.05, 4.69) is 0 Å². The van der Waals surface area contributed by atoms with Crippen molar-refractivity contribution in [1.29, 1.82) is 0 Å². The normalized spacial score (nSPS) is 15.5. The molecular formula is C23H26N2O5. The van der Waals surface area contributed by atoms with Crippen molar-refractivity contribution in [3.63, 3.8) is 0 Å². The maximum absolute atomic E-state index is 12.6. The lowest BCUT2D eigenvalue weighted by atomic mass is 10.2. The second-order valence-electron chi connectivity index (χ2n) is 7.30. The topological polar surface area (TPSA) is 76.2 Å². The number of ether oxygens (including phenoxy) is 2. The molecule has 1 aliphatic rings. The zero-order chi connectivity index (χ0) is 21.3. The number of rotatable bonds is 7. The molecule has 1 aliphatic heterocycles. The Morgan fingerprint density at radius 1 is 0.933 bits per heavy atom. The Hall–Kier alpha value is -3.35. The fraction of sp³-hybridized carbons (Fsp3) is 0.348. The molecule has 0 unspecified atom stereocenters. The van der Waals surface area contributed by atoms with Crippen LogP contribution in [-0.4, -0.2) is 53.4 Å². The molecule has 30 heavy (non-hydrogen) atoms. The number of Topliss-reactive ketones (excluding diaryl/α,β-unsaturated/α-hetero) is 1. The van der Waals surface area contributed by atoms with Gasteiger partial charge in [0.25, 0.3) is 0 Å². The van der Waals surface area contributed by atoms with Gasteiger partial charge in [-0.25, -0.2) is 9.59 Å². The molecule has 1 saturated heterocycles. The highest BCUT2D eigenvalue weighted by Crippen LogP contribution is 2.19. The maximum Gasteiger partial charge on any atom is 0.410 e. The first-order chi connectivity index (χ1) is 14.5. The number of hydrogen-bond acceptors (Lipinski definition) is 5. The molecule has 0 aliphatic carbocycles. The number of ketones is 1. The van der Waals surface area contributed by atoms with Crippen molar-refractivity contribution >= 4 is 18.0 Å². The number of nitrogens with zero attached hydrogens (tertiary/aromatic N) is 2. The summed E-state index contributed by atoms with van der Waals surface area (Å²) in [5.74, 6) is -0.142. The molecule has 0 saturated carbocycles. The van der Waals surface area contributed by atoms with Gasteiger partial charge in [-0.1, -0.05) is 60.7 Å². The van der Waals surface area contributed by atoms with Crippen molar-refractivity contribution in [1.82, 2.24) is 9.80 Å². The number of likely N-dealkylation sites (tertiary alicyclic amines) is 1. The van der Waals surface area contributed by atoms with E-state index in [0.29, 0.717) is 19.5 Å². The van der Waals surface area contributed by atoms with Crippen LogP contribution in [0.5, 0.6) is 0 Å². The van der Waals surface area contributed by atoms with Gasteiger partial charge in [0.05, 0.1) is 12.6 Å². The number of carbonyl (C=O) groups is 3. The first kappa shape index (κ1) is 21.4. The van der Waals surface area contributed by atoms with E-state index in [4.69, 9.17) is 9.47 Å². The number of hydrogen-bond donors (Lipinski definition) is 0. The third kappa shape index (κ3) is 6.07. The molecule has 2 amide bonds. The van der Waals surface area contributed by atoms with Gasteiger partial charge in [0, 0.05) is 13.1 Å². The molecule has 0 spiro atoms. The van der Waals surface area contributed by atoms with E-state index >= 15 is 0 Å². The van der Waals surface area contributed by atoms with Gasteiger partial charge in [-0.15, -0.1) is 0 Å². The van der Waals surface area contributed by atoms with Crippen LogP contribution in [0.15, 0.2) is 60.7 Å². The molecule has 3 rings (SSSR count). The fourth-order valence-electron chi connectivity index (χ4n) is 3.36. The van der Waals surface area contributed by atoms with E-state index in [1.807, 2.05) is 60.7 Å². The maximum atomic E-state index is 12.6. The molecule has 0 radical (unpaired) electrons. The van der Waals surface area contributed by atoms with Crippen molar-refractivity contribution in [3.05, 3.63) is 71.8 Å². The first-order valence-electron chi connectivity index (χ1n) is 9.95. The second kappa shape index (κ2) is 10.4. The molecule has 7 nitrogen and oxygen atoms in total. The zero-order valence-electron chi connectivity index (χ0n) is 17.0. The Bertz CT molecular complexity index is 856. The van der Waals surface area contributed by atoms with Gasteiger partial charge in [0.2, 0.25) is 0 Å². The molecule has 158 valence electrons. The molecule has 1 atom stereocenters. The van der Waals surface area contributed by atoms with Crippen LogP contribution in [0.4, 0.5) is 9.59 Å². The van der Waals surface area contributed by atoms with E-state index in [1.54, 1.807) is 4.90 Å². The van der Waals surface area contributed by atoms with E-state index in [1.165, 1.54) is 11.8 Å². The van der Waals surface area contributed by atoms with E-state index < -0.39 is 12.2 Å². The van der Waals surface area contributed by atoms with Crippen LogP contribution in [0.1, 0.15) is 24.5 Å². The van der Waals surface area contributed by atoms with Crippen molar-refractivity contribution < 1.29 is 23.9 Å². The Morgan fingerprint density at radius 2 is 1.50 bits per heavy atom. The molecule has 1 fully saturated rings. The summed E-state index contributed by atoms with van der Waals surface area (Å²) in [7, 11) is 0. The third-order valence-electron chi connectivity index (χ3n) is 4.90. The largest absolute Gasteiger partial charge is 0.445 e. The summed E-state index contributed by atoms with van der Waals surface area (Å²) < 4.78 is 10.8. The third-order valence-corrected chi connectivity index (χ3v) is 4.90. The van der Waals surface area contributed by atoms with Gasteiger partial charge in [-0.05, 0) is 24.5 Å². The summed E-state index contributed by atoms with van der Waals surface area (Å²) >= 11 is 0. The molecule has 2 aromatic carbocycles. The summed E-state index contributed by atoms with van der Waals surface area (Å²) in [6.45, 7) is 2.46. The van der Waals surface area contributed by atoms with Crippen molar-refractivity contribution in [2.45, 2.75) is 32.6 Å². The average Bonchev–Trinajstić information content (AvgIpc) is 3.25. The minimum atomic E-state index is -0.557. The predicted octanol–water partition coefficient (Wildman–Crippen LogP) is 3.63. The van der Waals surface area contributed by atoms with Gasteiger partial charge in [0.1, 0.15) is 19.0 Å². The molecule has 0 aromatic heterocycles. The summed E-state index contributed by atoms with van der Waals surface area (Å²) in [5.41, 5.74) is 1.77. The van der Waals surface area contributed by atoms with Crippen LogP contribution in [0, 0.1) is 0 Å². The standard InChI is InChI=1S/C23H26N2O5/c1-18(26)14-25(23(28)30-17-20-10-6-3-7-11-20)21-12-13-24(15-21)22(27)29-16-19-8-4-2-5-9-19/h2-11,21H,12-17H2,1H3/t21-/m1/s1. The van der Waals surface area contributed by atoms with E-state index in [9.17, 15) is 14.4 Å². The molecular weight excluding hydrogens is 384 g/mol. The molecule has 0 N–H and O–H groups in total. The minimum absolute atomic E-state index is 0.0504. The van der Waals surface area contributed by atoms with Gasteiger partial charge in [-0.3, -0.25) is 9.69 Å². The fourth-order valence-corrected chi connectivity index (χ4v) is 3.36. The van der Waals surface area contributed by atoms with E-state index in [-0.39, 0.29) is 31.6 Å². The minimum Gasteiger partial charge on any atom is -0.445 e. The number of benzene rings is 2. The van der Waals surface area contributed by atoms with E-state index in [0.717, 1.165) is 11.1 Å². The van der Waals surface area contributed by atoms with Gasteiger partial charge < -0.3 is 14.4 Å². The van der Waals surface area contributed by atoms with Crippen molar-refractivity contribution in [3.8, 4) is 0 Å². The number of amides is 2. The average molecular weight is 410 g/mol. The lowest BCUT2D eigenvalue weighted by Gasteiger charge is -2.27. The highest BCUT2D eigenvalue weighted by atomic mass is 16.6. The van der Waals surface area contributed by atoms with Crippen molar-refractivity contribution in [2.24, 2.45) is 0 Å². The Kier molecular flexibility index (Phi) is 7.43. The quantitative estimate of drug-likeness (QED) is 0.697. The van der Waals surface area contributed by atoms with Crippen LogP contribution in [0.2, 0.25) is 0 Å². The highest BCUT2D eigenvalue weighted by Gasteiger charge is 2.35. The second-order valence-corrected chi connectivity index (χ2v) is 7.30. The Morgan fingerprint density at radius 3 is 2.07 bits per heavy atom. The van der Waals surface area contributed by atoms with Crippen LogP contribution in [0.3, 0.4) is 0 Å². The van der Waals surface area contributed by atoms with Crippen LogP contribution in [-0.2, 0) is 27.5 Å². The predicted molar refractivity (Wildman–Crippen MR) is 111 cm³/mol. The lowest BCUT2D eigenvalue weighted by Crippen LogP contribution is -2.45. The number of carbonyl (C=O) groups excluding carboxylic acids is 3. The Balaban J connectivity index is 1.54. The van der Waals surface area contributed by atoms with Gasteiger partial charge in [0.15, 0.2) is 0 Å².